The number of hydrogen-bond donors (Lipinski definition) is 2. The zero-order valence-electron chi connectivity index (χ0n) is 15.5. The van der Waals surface area contributed by atoms with E-state index in [1.165, 1.54) is 18.2 Å². The molecular weight excluding hydrogens is 462 g/mol. The van der Waals surface area contributed by atoms with Gasteiger partial charge in [-0.1, -0.05) is 18.2 Å². The molecule has 156 valence electrons. The number of furan rings is 1. The molecule has 2 aromatic carbocycles. The van der Waals surface area contributed by atoms with Crippen LogP contribution in [0, 0.1) is 0 Å². The van der Waals surface area contributed by atoms with E-state index in [1.807, 2.05) is 0 Å². The number of rotatable bonds is 8. The summed E-state index contributed by atoms with van der Waals surface area (Å²) in [5.41, 5.74) is 1.70. The summed E-state index contributed by atoms with van der Waals surface area (Å²) in [7, 11) is 0. The van der Waals surface area contributed by atoms with Crippen LogP contribution in [0.5, 0.6) is 5.75 Å². The third-order valence-electron chi connectivity index (χ3n) is 4.03. The number of alkyl halides is 2. The number of carbonyl (C=O) groups excluding carboxylic acids is 2. The molecule has 0 saturated carbocycles. The van der Waals surface area contributed by atoms with Crippen molar-refractivity contribution < 1.29 is 27.5 Å². The van der Waals surface area contributed by atoms with Crippen molar-refractivity contribution in [2.24, 2.45) is 0 Å². The molecule has 2 N–H and O–H groups in total. The predicted octanol–water partition coefficient (Wildman–Crippen LogP) is 4.87. The Bertz CT molecular complexity index is 1020. The second kappa shape index (κ2) is 10.0. The third-order valence-corrected chi connectivity index (χ3v) is 4.45. The minimum Gasteiger partial charge on any atom is -0.444 e. The quantitative estimate of drug-likeness (QED) is 0.483. The maximum Gasteiger partial charge on any atom is 0.387 e. The Morgan fingerprint density at radius 1 is 1.03 bits per heavy atom. The van der Waals surface area contributed by atoms with Gasteiger partial charge in [0.2, 0.25) is 0 Å². The summed E-state index contributed by atoms with van der Waals surface area (Å²) < 4.78 is 34.3. The van der Waals surface area contributed by atoms with Crippen LogP contribution in [-0.4, -0.2) is 25.0 Å². The topological polar surface area (TPSA) is 80.6 Å². The lowest BCUT2D eigenvalue weighted by molar-refractivity contribution is -0.0498. The van der Waals surface area contributed by atoms with Crippen LogP contribution in [0.2, 0.25) is 0 Å². The van der Waals surface area contributed by atoms with Crippen LogP contribution in [0.25, 0.3) is 0 Å². The van der Waals surface area contributed by atoms with E-state index >= 15 is 0 Å². The van der Waals surface area contributed by atoms with Crippen LogP contribution in [0.3, 0.4) is 0 Å². The van der Waals surface area contributed by atoms with Crippen molar-refractivity contribution in [3.05, 3.63) is 82.2 Å². The minimum atomic E-state index is -2.86. The van der Waals surface area contributed by atoms with Crippen LogP contribution in [-0.2, 0) is 6.42 Å². The zero-order valence-corrected chi connectivity index (χ0v) is 17.1. The number of benzene rings is 2. The van der Waals surface area contributed by atoms with Crippen molar-refractivity contribution in [3.8, 4) is 5.75 Å². The van der Waals surface area contributed by atoms with E-state index in [-0.39, 0.29) is 17.4 Å². The van der Waals surface area contributed by atoms with Gasteiger partial charge in [0.1, 0.15) is 5.75 Å². The zero-order chi connectivity index (χ0) is 21.5. The molecule has 1 aromatic heterocycles. The maximum atomic E-state index is 12.4. The number of amides is 2. The van der Waals surface area contributed by atoms with E-state index in [2.05, 4.69) is 31.3 Å². The molecule has 3 rings (SSSR count). The highest BCUT2D eigenvalue weighted by Crippen LogP contribution is 2.17. The Morgan fingerprint density at radius 2 is 1.80 bits per heavy atom. The van der Waals surface area contributed by atoms with Gasteiger partial charge in [-0.3, -0.25) is 9.59 Å². The number of carbonyl (C=O) groups is 2. The van der Waals surface area contributed by atoms with Crippen molar-refractivity contribution in [1.82, 2.24) is 5.32 Å². The molecule has 0 saturated heterocycles. The van der Waals surface area contributed by atoms with Crippen LogP contribution in [0.15, 0.2) is 69.8 Å². The Hall–Kier alpha value is -3.20. The molecule has 30 heavy (non-hydrogen) atoms. The van der Waals surface area contributed by atoms with E-state index in [0.29, 0.717) is 28.9 Å². The van der Waals surface area contributed by atoms with Crippen molar-refractivity contribution in [3.63, 3.8) is 0 Å². The van der Waals surface area contributed by atoms with Crippen LogP contribution in [0.1, 0.15) is 26.5 Å². The summed E-state index contributed by atoms with van der Waals surface area (Å²) >= 11 is 3.13. The largest absolute Gasteiger partial charge is 0.444 e. The number of nitrogens with one attached hydrogen (secondary N) is 2. The lowest BCUT2D eigenvalue weighted by Crippen LogP contribution is -2.25. The Morgan fingerprint density at radius 3 is 2.47 bits per heavy atom. The first-order valence-corrected chi connectivity index (χ1v) is 9.69. The Balaban J connectivity index is 1.52. The summed E-state index contributed by atoms with van der Waals surface area (Å²) in [6, 6.07) is 15.9. The lowest BCUT2D eigenvalue weighted by Gasteiger charge is -2.09. The first-order chi connectivity index (χ1) is 14.4. The SMILES string of the molecule is O=C(NCCc1ccc(OC(F)F)cc1)c1cccc(NC(=O)c2ccc(Br)o2)c1. The van der Waals surface area contributed by atoms with Crippen molar-refractivity contribution >= 4 is 33.4 Å². The number of hydrogen-bond acceptors (Lipinski definition) is 4. The van der Waals surface area contributed by atoms with Gasteiger partial charge in [-0.2, -0.15) is 8.78 Å². The summed E-state index contributed by atoms with van der Waals surface area (Å²) in [5.74, 6) is -0.512. The number of anilines is 1. The van der Waals surface area contributed by atoms with E-state index in [1.54, 1.807) is 42.5 Å². The fourth-order valence-corrected chi connectivity index (χ4v) is 2.93. The monoisotopic (exact) mass is 478 g/mol. The third kappa shape index (κ3) is 6.15. The van der Waals surface area contributed by atoms with Gasteiger partial charge in [0, 0.05) is 17.8 Å². The molecular formula is C21H17BrF2N2O4. The highest BCUT2D eigenvalue weighted by Gasteiger charge is 2.12. The summed E-state index contributed by atoms with van der Waals surface area (Å²) in [6.07, 6.45) is 0.518. The average Bonchev–Trinajstić information content (AvgIpc) is 3.15. The maximum absolute atomic E-state index is 12.4. The van der Waals surface area contributed by atoms with E-state index in [9.17, 15) is 18.4 Å². The first kappa shape index (κ1) is 21.5. The van der Waals surface area contributed by atoms with Gasteiger partial charge in [-0.05, 0) is 70.4 Å². The Kier molecular flexibility index (Phi) is 7.18. The van der Waals surface area contributed by atoms with Crippen molar-refractivity contribution in [2.75, 3.05) is 11.9 Å². The molecule has 0 fully saturated rings. The van der Waals surface area contributed by atoms with Gasteiger partial charge in [0.15, 0.2) is 10.4 Å². The predicted molar refractivity (Wildman–Crippen MR) is 110 cm³/mol. The molecule has 0 unspecified atom stereocenters. The average molecular weight is 479 g/mol. The van der Waals surface area contributed by atoms with Gasteiger partial charge < -0.3 is 19.8 Å². The van der Waals surface area contributed by atoms with Crippen molar-refractivity contribution in [2.45, 2.75) is 13.0 Å². The first-order valence-electron chi connectivity index (χ1n) is 8.89. The number of ether oxygens (including phenoxy) is 1. The molecule has 6 nitrogen and oxygen atoms in total. The molecule has 3 aromatic rings. The van der Waals surface area contributed by atoms with Gasteiger partial charge in [0.05, 0.1) is 0 Å². The molecule has 0 spiro atoms. The van der Waals surface area contributed by atoms with Crippen LogP contribution < -0.4 is 15.4 Å². The highest BCUT2D eigenvalue weighted by molar-refractivity contribution is 9.10. The fraction of sp³-hybridized carbons (Fsp3) is 0.143. The van der Waals surface area contributed by atoms with E-state index in [0.717, 1.165) is 5.56 Å². The highest BCUT2D eigenvalue weighted by atomic mass is 79.9. The van der Waals surface area contributed by atoms with Gasteiger partial charge >= 0.3 is 6.61 Å². The van der Waals surface area contributed by atoms with Crippen LogP contribution in [0.4, 0.5) is 14.5 Å². The molecule has 0 bridgehead atoms. The van der Waals surface area contributed by atoms with E-state index < -0.39 is 12.5 Å². The normalized spacial score (nSPS) is 10.7. The second-order valence-corrected chi connectivity index (χ2v) is 6.95. The summed E-state index contributed by atoms with van der Waals surface area (Å²) in [6.45, 7) is -2.51. The fourth-order valence-electron chi connectivity index (χ4n) is 2.63. The van der Waals surface area contributed by atoms with Gasteiger partial charge in [-0.15, -0.1) is 0 Å². The molecule has 9 heteroatoms. The summed E-state index contributed by atoms with van der Waals surface area (Å²) in [5, 5.41) is 5.45. The molecule has 0 aliphatic heterocycles. The standard InChI is InChI=1S/C21H17BrF2N2O4/c22-18-9-8-17(30-18)20(28)26-15-3-1-2-14(12-15)19(27)25-11-10-13-4-6-16(7-5-13)29-21(23)24/h1-9,12,21H,10-11H2,(H,25,27)(H,26,28). The molecule has 1 heterocycles. The molecule has 2 amide bonds. The van der Waals surface area contributed by atoms with Gasteiger partial charge in [-0.25, -0.2) is 0 Å². The lowest BCUT2D eigenvalue weighted by atomic mass is 10.1. The molecule has 0 atom stereocenters. The molecule has 0 aliphatic carbocycles. The minimum absolute atomic E-state index is 0.0820. The van der Waals surface area contributed by atoms with Gasteiger partial charge in [0.25, 0.3) is 11.8 Å². The second-order valence-electron chi connectivity index (χ2n) is 6.17. The smallest absolute Gasteiger partial charge is 0.387 e. The summed E-state index contributed by atoms with van der Waals surface area (Å²) in [4.78, 5) is 24.5. The van der Waals surface area contributed by atoms with E-state index in [4.69, 9.17) is 4.42 Å². The molecule has 0 radical (unpaired) electrons. The number of halogens is 3. The Labute approximate surface area is 179 Å². The van der Waals surface area contributed by atoms with Crippen LogP contribution >= 0.6 is 15.9 Å². The molecule has 0 aliphatic rings. The van der Waals surface area contributed by atoms with Crippen molar-refractivity contribution in [1.29, 1.82) is 0 Å².